The molecule has 0 aliphatic rings. The van der Waals surface area contributed by atoms with Crippen molar-refractivity contribution in [3.63, 3.8) is 0 Å². The minimum absolute atomic E-state index is 0.375. The smallest absolute Gasteiger partial charge is 0.123 e. The van der Waals surface area contributed by atoms with Gasteiger partial charge in [0.2, 0.25) is 0 Å². The fourth-order valence-corrected chi connectivity index (χ4v) is 1.44. The van der Waals surface area contributed by atoms with E-state index in [4.69, 9.17) is 0 Å². The highest BCUT2D eigenvalue weighted by Gasteiger charge is 2.02. The zero-order valence-corrected chi connectivity index (χ0v) is 8.88. The van der Waals surface area contributed by atoms with Crippen LogP contribution in [0.15, 0.2) is 36.9 Å². The lowest BCUT2D eigenvalue weighted by molar-refractivity contribution is 0.652. The van der Waals surface area contributed by atoms with E-state index in [1.54, 1.807) is 12.7 Å². The molecule has 15 heavy (non-hydrogen) atoms. The Hall–Kier alpha value is -1.68. The maximum absolute atomic E-state index is 3.77. The van der Waals surface area contributed by atoms with Crippen LogP contribution in [0.3, 0.4) is 0 Å². The first kappa shape index (κ1) is 9.86. The van der Waals surface area contributed by atoms with Crippen molar-refractivity contribution < 1.29 is 0 Å². The highest BCUT2D eigenvalue weighted by Crippen LogP contribution is 2.14. The molecule has 0 saturated heterocycles. The summed E-state index contributed by atoms with van der Waals surface area (Å²) in [6.07, 6.45) is 3.38. The Morgan fingerprint density at radius 3 is 2.27 bits per heavy atom. The average molecular weight is 202 g/mol. The average Bonchev–Trinajstić information content (AvgIpc) is 2.82. The maximum atomic E-state index is 3.77. The van der Waals surface area contributed by atoms with Crippen LogP contribution in [0.5, 0.6) is 0 Å². The van der Waals surface area contributed by atoms with Gasteiger partial charge in [-0.25, -0.2) is 0 Å². The van der Waals surface area contributed by atoms with Gasteiger partial charge in [0.15, 0.2) is 0 Å². The second-order valence-corrected chi connectivity index (χ2v) is 3.47. The van der Waals surface area contributed by atoms with Crippen molar-refractivity contribution in [2.24, 2.45) is 0 Å². The van der Waals surface area contributed by atoms with E-state index in [-0.39, 0.29) is 0 Å². The molecule has 2 rings (SSSR count). The Balaban J connectivity index is 2.25. The van der Waals surface area contributed by atoms with E-state index in [1.807, 2.05) is 11.6 Å². The molecule has 0 amide bonds. The molecule has 0 fully saturated rings. The van der Waals surface area contributed by atoms with Gasteiger partial charge in [-0.15, -0.1) is 10.2 Å². The van der Waals surface area contributed by atoms with Gasteiger partial charge in [-0.3, -0.25) is 4.57 Å². The molecule has 1 N–H and O–H groups in total. The van der Waals surface area contributed by atoms with Gasteiger partial charge in [0.1, 0.15) is 12.7 Å². The molecule has 2 aromatic rings. The second kappa shape index (κ2) is 4.23. The van der Waals surface area contributed by atoms with Gasteiger partial charge >= 0.3 is 0 Å². The van der Waals surface area contributed by atoms with Crippen molar-refractivity contribution in [1.82, 2.24) is 20.1 Å². The summed E-state index contributed by atoms with van der Waals surface area (Å²) in [5.74, 6) is 0. The summed E-state index contributed by atoms with van der Waals surface area (Å²) < 4.78 is 1.88. The molecule has 0 bridgehead atoms. The number of nitrogens with one attached hydrogen (secondary N) is 1. The number of rotatable bonds is 3. The number of hydrogen-bond acceptors (Lipinski definition) is 3. The number of hydrogen-bond donors (Lipinski definition) is 1. The van der Waals surface area contributed by atoms with E-state index >= 15 is 0 Å². The van der Waals surface area contributed by atoms with Crippen LogP contribution in [0.4, 0.5) is 0 Å². The zero-order valence-electron chi connectivity index (χ0n) is 8.88. The molecule has 4 heteroatoms. The normalized spacial score (nSPS) is 12.7. The molecule has 1 aromatic heterocycles. The fraction of sp³-hybridized carbons (Fsp3) is 0.273. The van der Waals surface area contributed by atoms with Gasteiger partial charge < -0.3 is 5.32 Å². The van der Waals surface area contributed by atoms with Crippen LogP contribution in [0.2, 0.25) is 0 Å². The molecule has 4 nitrogen and oxygen atoms in total. The summed E-state index contributed by atoms with van der Waals surface area (Å²) in [4.78, 5) is 0. The van der Waals surface area contributed by atoms with Crippen molar-refractivity contribution in [3.05, 3.63) is 42.5 Å². The van der Waals surface area contributed by atoms with Gasteiger partial charge in [0.25, 0.3) is 0 Å². The first-order chi connectivity index (χ1) is 7.31. The summed E-state index contributed by atoms with van der Waals surface area (Å²) in [6, 6.07) is 8.71. The lowest BCUT2D eigenvalue weighted by Crippen LogP contribution is -2.12. The molecule has 0 aliphatic heterocycles. The number of benzene rings is 1. The summed E-state index contributed by atoms with van der Waals surface area (Å²) in [7, 11) is 1.96. The highest BCUT2D eigenvalue weighted by molar-refractivity contribution is 5.35. The fourth-order valence-electron chi connectivity index (χ4n) is 1.44. The van der Waals surface area contributed by atoms with Crippen LogP contribution in [-0.2, 0) is 0 Å². The minimum Gasteiger partial charge on any atom is -0.313 e. The van der Waals surface area contributed by atoms with Crippen LogP contribution in [0, 0.1) is 0 Å². The monoisotopic (exact) mass is 202 g/mol. The van der Waals surface area contributed by atoms with Crippen molar-refractivity contribution in [2.45, 2.75) is 13.0 Å². The lowest BCUT2D eigenvalue weighted by Gasteiger charge is -2.10. The number of nitrogens with zero attached hydrogens (tertiary/aromatic N) is 3. The van der Waals surface area contributed by atoms with Crippen LogP contribution < -0.4 is 5.32 Å². The minimum atomic E-state index is 0.375. The van der Waals surface area contributed by atoms with E-state index in [1.165, 1.54) is 5.56 Å². The topological polar surface area (TPSA) is 42.7 Å². The third-order valence-electron chi connectivity index (χ3n) is 2.54. The first-order valence-corrected chi connectivity index (χ1v) is 4.93. The van der Waals surface area contributed by atoms with Crippen molar-refractivity contribution in [1.29, 1.82) is 0 Å². The van der Waals surface area contributed by atoms with Crippen LogP contribution in [-0.4, -0.2) is 21.8 Å². The Kier molecular flexibility index (Phi) is 2.78. The number of aromatic nitrogens is 3. The zero-order chi connectivity index (χ0) is 10.7. The molecule has 0 saturated carbocycles. The third-order valence-corrected chi connectivity index (χ3v) is 2.54. The van der Waals surface area contributed by atoms with Gasteiger partial charge in [0, 0.05) is 11.7 Å². The Morgan fingerprint density at radius 1 is 1.13 bits per heavy atom. The molecular weight excluding hydrogens is 188 g/mol. The van der Waals surface area contributed by atoms with Gasteiger partial charge in [0.05, 0.1) is 0 Å². The highest BCUT2D eigenvalue weighted by atomic mass is 15.2. The van der Waals surface area contributed by atoms with Gasteiger partial charge in [-0.1, -0.05) is 12.1 Å². The quantitative estimate of drug-likeness (QED) is 0.821. The van der Waals surface area contributed by atoms with E-state index < -0.39 is 0 Å². The summed E-state index contributed by atoms with van der Waals surface area (Å²) in [6.45, 7) is 2.13. The third kappa shape index (κ3) is 2.05. The standard InChI is InChI=1S/C11H14N4/c1-9(12-2)10-3-5-11(6-4-10)15-7-13-14-8-15/h3-9,12H,1-2H3. The molecule has 1 atom stereocenters. The molecule has 1 aromatic carbocycles. The molecule has 0 aliphatic carbocycles. The summed E-state index contributed by atoms with van der Waals surface area (Å²) in [5, 5.41) is 10.7. The van der Waals surface area contributed by atoms with Crippen LogP contribution >= 0.6 is 0 Å². The Bertz CT molecular complexity index is 405. The lowest BCUT2D eigenvalue weighted by atomic mass is 10.1. The van der Waals surface area contributed by atoms with Crippen molar-refractivity contribution in [2.75, 3.05) is 7.05 Å². The van der Waals surface area contributed by atoms with Crippen molar-refractivity contribution >= 4 is 0 Å². The summed E-state index contributed by atoms with van der Waals surface area (Å²) in [5.41, 5.74) is 2.35. The first-order valence-electron chi connectivity index (χ1n) is 4.93. The maximum Gasteiger partial charge on any atom is 0.123 e. The molecule has 1 unspecified atom stereocenters. The summed E-state index contributed by atoms with van der Waals surface area (Å²) >= 11 is 0. The molecule has 78 valence electrons. The van der Waals surface area contributed by atoms with Crippen molar-refractivity contribution in [3.8, 4) is 5.69 Å². The van der Waals surface area contributed by atoms with E-state index in [2.05, 4.69) is 46.7 Å². The second-order valence-electron chi connectivity index (χ2n) is 3.47. The molecule has 0 radical (unpaired) electrons. The Labute approximate surface area is 89.0 Å². The van der Waals surface area contributed by atoms with E-state index in [9.17, 15) is 0 Å². The Morgan fingerprint density at radius 2 is 1.73 bits per heavy atom. The van der Waals surface area contributed by atoms with Crippen LogP contribution in [0.25, 0.3) is 5.69 Å². The predicted octanol–water partition coefficient (Wildman–Crippen LogP) is 1.55. The van der Waals surface area contributed by atoms with E-state index in [0.29, 0.717) is 6.04 Å². The van der Waals surface area contributed by atoms with E-state index in [0.717, 1.165) is 5.69 Å². The molecule has 0 spiro atoms. The van der Waals surface area contributed by atoms with Crippen LogP contribution in [0.1, 0.15) is 18.5 Å². The molecular formula is C11H14N4. The van der Waals surface area contributed by atoms with Gasteiger partial charge in [-0.2, -0.15) is 0 Å². The predicted molar refractivity (Wildman–Crippen MR) is 58.8 cm³/mol. The largest absolute Gasteiger partial charge is 0.313 e. The molecule has 1 heterocycles. The van der Waals surface area contributed by atoms with Gasteiger partial charge in [-0.05, 0) is 31.7 Å². The SMILES string of the molecule is CNC(C)c1ccc(-n2cnnc2)cc1.